The standard InChI is InChI=1S/C26H50O2/c1-3-4-5-19-22-25(2)23-20-17-15-13-11-9-7-6-8-10-12-14-16-18-21-24-26(27)28/h14,16,25H,3-13,15,17-24H2,1-2H3,(H,27,28). The monoisotopic (exact) mass is 394 g/mol. The van der Waals surface area contributed by atoms with Crippen molar-refractivity contribution in [2.24, 2.45) is 5.92 Å². The average Bonchev–Trinajstić information content (AvgIpc) is 2.67. The molecular weight excluding hydrogens is 344 g/mol. The van der Waals surface area contributed by atoms with Crippen molar-refractivity contribution in [2.45, 2.75) is 142 Å². The molecular formula is C26H50O2. The van der Waals surface area contributed by atoms with Gasteiger partial charge in [0.05, 0.1) is 0 Å². The second-order valence-corrected chi connectivity index (χ2v) is 8.82. The highest BCUT2D eigenvalue weighted by Gasteiger charge is 2.02. The molecule has 0 aliphatic rings. The quantitative estimate of drug-likeness (QED) is 0.147. The maximum atomic E-state index is 10.4. The van der Waals surface area contributed by atoms with Crippen LogP contribution in [0.3, 0.4) is 0 Å². The Morgan fingerprint density at radius 1 is 0.679 bits per heavy atom. The summed E-state index contributed by atoms with van der Waals surface area (Å²) in [5, 5.41) is 8.56. The lowest BCUT2D eigenvalue weighted by molar-refractivity contribution is -0.137. The molecule has 1 N–H and O–H groups in total. The molecule has 0 radical (unpaired) electrons. The van der Waals surface area contributed by atoms with E-state index >= 15 is 0 Å². The predicted molar refractivity (Wildman–Crippen MR) is 124 cm³/mol. The van der Waals surface area contributed by atoms with E-state index in [0.717, 1.165) is 25.2 Å². The van der Waals surface area contributed by atoms with Crippen molar-refractivity contribution in [1.29, 1.82) is 0 Å². The summed E-state index contributed by atoms with van der Waals surface area (Å²) < 4.78 is 0. The van der Waals surface area contributed by atoms with Crippen LogP contribution in [0.4, 0.5) is 0 Å². The van der Waals surface area contributed by atoms with Crippen molar-refractivity contribution >= 4 is 5.97 Å². The van der Waals surface area contributed by atoms with Gasteiger partial charge in [-0.25, -0.2) is 0 Å². The lowest BCUT2D eigenvalue weighted by Crippen LogP contribution is -1.95. The molecule has 28 heavy (non-hydrogen) atoms. The van der Waals surface area contributed by atoms with Gasteiger partial charge in [0.25, 0.3) is 0 Å². The molecule has 0 spiro atoms. The third kappa shape index (κ3) is 23.2. The van der Waals surface area contributed by atoms with Crippen molar-refractivity contribution in [1.82, 2.24) is 0 Å². The minimum Gasteiger partial charge on any atom is -0.481 e. The van der Waals surface area contributed by atoms with E-state index in [1.54, 1.807) is 0 Å². The van der Waals surface area contributed by atoms with Crippen LogP contribution < -0.4 is 0 Å². The number of unbranched alkanes of at least 4 members (excludes halogenated alkanes) is 14. The Morgan fingerprint density at radius 3 is 1.61 bits per heavy atom. The Kier molecular flexibility index (Phi) is 21.9. The third-order valence-corrected chi connectivity index (χ3v) is 5.80. The molecule has 2 nitrogen and oxygen atoms in total. The Balaban J connectivity index is 3.15. The molecule has 0 heterocycles. The summed E-state index contributed by atoms with van der Waals surface area (Å²) in [6.07, 6.45) is 30.0. The Bertz CT molecular complexity index is 348. The molecule has 1 atom stereocenters. The zero-order valence-corrected chi connectivity index (χ0v) is 19.2. The molecule has 0 amide bonds. The van der Waals surface area contributed by atoms with Crippen molar-refractivity contribution < 1.29 is 9.90 Å². The average molecular weight is 395 g/mol. The number of carboxylic acid groups (broad SMARTS) is 1. The summed E-state index contributed by atoms with van der Waals surface area (Å²) in [5.74, 6) is 0.257. The van der Waals surface area contributed by atoms with Gasteiger partial charge < -0.3 is 5.11 Å². The number of carbonyl (C=O) groups is 1. The number of rotatable bonds is 22. The van der Waals surface area contributed by atoms with E-state index in [1.165, 1.54) is 103 Å². The molecule has 0 aliphatic heterocycles. The lowest BCUT2D eigenvalue weighted by Gasteiger charge is -2.10. The molecule has 0 rings (SSSR count). The number of allylic oxidation sites excluding steroid dienone is 2. The normalized spacial score (nSPS) is 12.6. The Hall–Kier alpha value is -0.790. The van der Waals surface area contributed by atoms with E-state index < -0.39 is 5.97 Å². The van der Waals surface area contributed by atoms with E-state index in [1.807, 2.05) is 0 Å². The van der Waals surface area contributed by atoms with Crippen LogP contribution in [0, 0.1) is 5.92 Å². The second kappa shape index (κ2) is 22.5. The van der Waals surface area contributed by atoms with Crippen LogP contribution in [0.25, 0.3) is 0 Å². The fraction of sp³-hybridized carbons (Fsp3) is 0.885. The van der Waals surface area contributed by atoms with Crippen molar-refractivity contribution in [3.05, 3.63) is 12.2 Å². The van der Waals surface area contributed by atoms with Crippen LogP contribution in [0.2, 0.25) is 0 Å². The van der Waals surface area contributed by atoms with Gasteiger partial charge in [0.15, 0.2) is 0 Å². The summed E-state index contributed by atoms with van der Waals surface area (Å²) in [6.45, 7) is 4.74. The topological polar surface area (TPSA) is 37.3 Å². The summed E-state index contributed by atoms with van der Waals surface area (Å²) in [5.41, 5.74) is 0. The highest BCUT2D eigenvalue weighted by Crippen LogP contribution is 2.18. The molecule has 166 valence electrons. The molecule has 0 aliphatic carbocycles. The molecule has 0 bridgehead atoms. The van der Waals surface area contributed by atoms with Crippen molar-refractivity contribution in [2.75, 3.05) is 0 Å². The van der Waals surface area contributed by atoms with Crippen LogP contribution in [0.15, 0.2) is 12.2 Å². The molecule has 0 aromatic heterocycles. The van der Waals surface area contributed by atoms with Gasteiger partial charge in [-0.05, 0) is 31.6 Å². The van der Waals surface area contributed by atoms with Gasteiger partial charge in [0.1, 0.15) is 0 Å². The van der Waals surface area contributed by atoms with E-state index in [4.69, 9.17) is 5.11 Å². The molecule has 2 heteroatoms. The van der Waals surface area contributed by atoms with Gasteiger partial charge in [-0.2, -0.15) is 0 Å². The third-order valence-electron chi connectivity index (χ3n) is 5.80. The summed E-state index contributed by atoms with van der Waals surface area (Å²) in [6, 6.07) is 0. The van der Waals surface area contributed by atoms with E-state index in [-0.39, 0.29) is 0 Å². The van der Waals surface area contributed by atoms with E-state index in [2.05, 4.69) is 26.0 Å². The van der Waals surface area contributed by atoms with E-state index in [9.17, 15) is 4.79 Å². The number of carboxylic acids is 1. The lowest BCUT2D eigenvalue weighted by atomic mass is 9.96. The van der Waals surface area contributed by atoms with Crippen LogP contribution >= 0.6 is 0 Å². The highest BCUT2D eigenvalue weighted by atomic mass is 16.4. The Labute approximate surface area is 176 Å². The van der Waals surface area contributed by atoms with Crippen molar-refractivity contribution in [3.8, 4) is 0 Å². The van der Waals surface area contributed by atoms with Gasteiger partial charge >= 0.3 is 5.97 Å². The minimum atomic E-state index is -0.684. The van der Waals surface area contributed by atoms with Gasteiger partial charge in [-0.1, -0.05) is 122 Å². The molecule has 0 aromatic rings. The van der Waals surface area contributed by atoms with Crippen molar-refractivity contribution in [3.63, 3.8) is 0 Å². The zero-order chi connectivity index (χ0) is 20.7. The van der Waals surface area contributed by atoms with Crippen LogP contribution in [0.1, 0.15) is 142 Å². The van der Waals surface area contributed by atoms with Gasteiger partial charge in [-0.15, -0.1) is 0 Å². The second-order valence-electron chi connectivity index (χ2n) is 8.82. The molecule has 1 unspecified atom stereocenters. The van der Waals surface area contributed by atoms with Crippen LogP contribution in [-0.2, 0) is 4.79 Å². The summed E-state index contributed by atoms with van der Waals surface area (Å²) in [7, 11) is 0. The smallest absolute Gasteiger partial charge is 0.303 e. The van der Waals surface area contributed by atoms with Gasteiger partial charge in [-0.3, -0.25) is 4.79 Å². The molecule has 0 aromatic carbocycles. The first kappa shape index (κ1) is 27.2. The van der Waals surface area contributed by atoms with Gasteiger partial charge in [0.2, 0.25) is 0 Å². The number of hydrogen-bond acceptors (Lipinski definition) is 1. The summed E-state index contributed by atoms with van der Waals surface area (Å²) >= 11 is 0. The maximum absolute atomic E-state index is 10.4. The molecule has 0 saturated heterocycles. The van der Waals surface area contributed by atoms with Gasteiger partial charge in [0, 0.05) is 6.42 Å². The SMILES string of the molecule is CCCCCCC(C)CCCCCCCCCCCCC=CCCCC(=O)O. The largest absolute Gasteiger partial charge is 0.481 e. The molecule has 0 saturated carbocycles. The number of aliphatic carboxylic acids is 1. The number of hydrogen-bond donors (Lipinski definition) is 1. The fourth-order valence-corrected chi connectivity index (χ4v) is 3.84. The first-order chi connectivity index (χ1) is 13.7. The Morgan fingerprint density at radius 2 is 1.11 bits per heavy atom. The fourth-order valence-electron chi connectivity index (χ4n) is 3.84. The highest BCUT2D eigenvalue weighted by molar-refractivity contribution is 5.66. The van der Waals surface area contributed by atoms with Crippen LogP contribution in [-0.4, -0.2) is 11.1 Å². The first-order valence-electron chi connectivity index (χ1n) is 12.5. The first-order valence-corrected chi connectivity index (χ1v) is 12.5. The molecule has 0 fully saturated rings. The minimum absolute atomic E-state index is 0.294. The van der Waals surface area contributed by atoms with Crippen LogP contribution in [0.5, 0.6) is 0 Å². The predicted octanol–water partition coefficient (Wildman–Crippen LogP) is 9.09. The maximum Gasteiger partial charge on any atom is 0.303 e. The summed E-state index contributed by atoms with van der Waals surface area (Å²) in [4.78, 5) is 10.4. The van der Waals surface area contributed by atoms with E-state index in [0.29, 0.717) is 6.42 Å². The zero-order valence-electron chi connectivity index (χ0n) is 19.2.